The number of benzene rings is 2. The van der Waals surface area contributed by atoms with Crippen LogP contribution in [0.25, 0.3) is 0 Å². The lowest BCUT2D eigenvalue weighted by molar-refractivity contribution is -0.122. The number of aryl methyl sites for hydroxylation is 2. The number of rotatable bonds is 11. The summed E-state index contributed by atoms with van der Waals surface area (Å²) in [5.41, 5.74) is 2.72. The standard InChI is InChI=1S/C27H32N2O4/c1-20-18-24(21(2)33-20)27(31)29(16-17-32-3)15-14-26(30)28-25(23-12-8-5-9-13-23)19-22-10-6-4-7-11-22/h4-13,18,25H,14-17,19H2,1-3H3,(H,28,30). The third-order valence-corrected chi connectivity index (χ3v) is 5.55. The molecule has 1 unspecified atom stereocenters. The molecule has 0 spiro atoms. The van der Waals surface area contributed by atoms with E-state index in [1.165, 1.54) is 0 Å². The molecule has 2 amide bonds. The van der Waals surface area contributed by atoms with Crippen molar-refractivity contribution in [3.05, 3.63) is 94.9 Å². The van der Waals surface area contributed by atoms with Crippen LogP contribution in [0.2, 0.25) is 0 Å². The van der Waals surface area contributed by atoms with E-state index in [1.54, 1.807) is 25.0 Å². The Hall–Kier alpha value is -3.38. The summed E-state index contributed by atoms with van der Waals surface area (Å²) >= 11 is 0. The fourth-order valence-corrected chi connectivity index (χ4v) is 3.82. The Morgan fingerprint density at radius 3 is 2.27 bits per heavy atom. The number of nitrogens with one attached hydrogen (secondary N) is 1. The highest BCUT2D eigenvalue weighted by atomic mass is 16.5. The second kappa shape index (κ2) is 12.0. The summed E-state index contributed by atoms with van der Waals surface area (Å²) in [6.07, 6.45) is 0.889. The zero-order chi connectivity index (χ0) is 23.6. The number of hydrogen-bond acceptors (Lipinski definition) is 4. The smallest absolute Gasteiger partial charge is 0.257 e. The molecule has 0 aliphatic heterocycles. The van der Waals surface area contributed by atoms with Crippen LogP contribution in [0.5, 0.6) is 0 Å². The van der Waals surface area contributed by atoms with Crippen molar-refractivity contribution < 1.29 is 18.7 Å². The molecular formula is C27H32N2O4. The minimum Gasteiger partial charge on any atom is -0.466 e. The molecule has 3 rings (SSSR count). The van der Waals surface area contributed by atoms with Gasteiger partial charge in [-0.05, 0) is 37.5 Å². The number of ether oxygens (including phenoxy) is 1. The number of carbonyl (C=O) groups excluding carboxylic acids is 2. The molecule has 174 valence electrons. The SMILES string of the molecule is COCCN(CCC(=O)NC(Cc1ccccc1)c1ccccc1)C(=O)c1cc(C)oc1C. The molecule has 1 atom stereocenters. The predicted molar refractivity (Wildman–Crippen MR) is 128 cm³/mol. The van der Waals surface area contributed by atoms with Gasteiger partial charge in [0.25, 0.3) is 5.91 Å². The zero-order valence-corrected chi connectivity index (χ0v) is 19.5. The molecule has 0 radical (unpaired) electrons. The average Bonchev–Trinajstić information content (AvgIpc) is 3.17. The molecule has 0 fully saturated rings. The summed E-state index contributed by atoms with van der Waals surface area (Å²) in [5, 5.41) is 3.16. The summed E-state index contributed by atoms with van der Waals surface area (Å²) in [6.45, 7) is 4.68. The quantitative estimate of drug-likeness (QED) is 0.470. The molecule has 6 nitrogen and oxygen atoms in total. The van der Waals surface area contributed by atoms with E-state index in [2.05, 4.69) is 17.4 Å². The average molecular weight is 449 g/mol. The highest BCUT2D eigenvalue weighted by Crippen LogP contribution is 2.19. The summed E-state index contributed by atoms with van der Waals surface area (Å²) in [7, 11) is 1.59. The van der Waals surface area contributed by atoms with Gasteiger partial charge in [-0.25, -0.2) is 0 Å². The fraction of sp³-hybridized carbons (Fsp3) is 0.333. The molecule has 1 heterocycles. The Kier molecular flexibility index (Phi) is 8.84. The van der Waals surface area contributed by atoms with Crippen molar-refractivity contribution in [1.29, 1.82) is 0 Å². The maximum atomic E-state index is 13.1. The molecule has 1 N–H and O–H groups in total. The Bertz CT molecular complexity index is 1030. The van der Waals surface area contributed by atoms with E-state index in [-0.39, 0.29) is 24.3 Å². The van der Waals surface area contributed by atoms with Gasteiger partial charge in [0.2, 0.25) is 5.91 Å². The summed E-state index contributed by atoms with van der Waals surface area (Å²) in [5.74, 6) is 1.01. The van der Waals surface area contributed by atoms with Gasteiger partial charge in [0.15, 0.2) is 0 Å². The molecule has 1 aromatic heterocycles. The molecule has 6 heteroatoms. The zero-order valence-electron chi connectivity index (χ0n) is 19.5. The van der Waals surface area contributed by atoms with E-state index in [0.717, 1.165) is 11.1 Å². The lowest BCUT2D eigenvalue weighted by Gasteiger charge is -2.23. The molecular weight excluding hydrogens is 416 g/mol. The van der Waals surface area contributed by atoms with Crippen LogP contribution in [0.3, 0.4) is 0 Å². The van der Waals surface area contributed by atoms with E-state index in [9.17, 15) is 9.59 Å². The molecule has 0 aliphatic carbocycles. The van der Waals surface area contributed by atoms with Crippen molar-refractivity contribution in [2.75, 3.05) is 26.8 Å². The summed E-state index contributed by atoms with van der Waals surface area (Å²) in [6, 6.07) is 21.6. The molecule has 0 aliphatic rings. The van der Waals surface area contributed by atoms with Gasteiger partial charge >= 0.3 is 0 Å². The van der Waals surface area contributed by atoms with Crippen molar-refractivity contribution in [2.24, 2.45) is 0 Å². The first-order valence-corrected chi connectivity index (χ1v) is 11.2. The topological polar surface area (TPSA) is 71.8 Å². The van der Waals surface area contributed by atoms with Crippen molar-refractivity contribution in [2.45, 2.75) is 32.7 Å². The normalized spacial score (nSPS) is 11.7. The van der Waals surface area contributed by atoms with Crippen LogP contribution < -0.4 is 5.32 Å². The molecule has 0 bridgehead atoms. The van der Waals surface area contributed by atoms with Gasteiger partial charge in [-0.15, -0.1) is 0 Å². The van der Waals surface area contributed by atoms with Crippen molar-refractivity contribution in [1.82, 2.24) is 10.2 Å². The Morgan fingerprint density at radius 1 is 1.00 bits per heavy atom. The number of hydrogen-bond donors (Lipinski definition) is 1. The van der Waals surface area contributed by atoms with Crippen LogP contribution in [0.4, 0.5) is 0 Å². The number of amides is 2. The van der Waals surface area contributed by atoms with Gasteiger partial charge in [-0.3, -0.25) is 9.59 Å². The van der Waals surface area contributed by atoms with Crippen LogP contribution in [0, 0.1) is 13.8 Å². The number of nitrogens with zero attached hydrogens (tertiary/aromatic N) is 1. The lowest BCUT2D eigenvalue weighted by Crippen LogP contribution is -2.38. The fourth-order valence-electron chi connectivity index (χ4n) is 3.82. The molecule has 0 saturated carbocycles. The lowest BCUT2D eigenvalue weighted by atomic mass is 9.98. The second-order valence-electron chi connectivity index (χ2n) is 8.08. The third-order valence-electron chi connectivity index (χ3n) is 5.55. The monoisotopic (exact) mass is 448 g/mol. The number of methoxy groups -OCH3 is 1. The van der Waals surface area contributed by atoms with E-state index in [4.69, 9.17) is 9.15 Å². The minimum atomic E-state index is -0.155. The number of furan rings is 1. The number of carbonyl (C=O) groups is 2. The third kappa shape index (κ3) is 7.05. The minimum absolute atomic E-state index is 0.102. The van der Waals surface area contributed by atoms with Crippen LogP contribution in [0.15, 0.2) is 71.1 Å². The Labute approximate surface area is 195 Å². The van der Waals surface area contributed by atoms with Gasteiger partial charge in [-0.2, -0.15) is 0 Å². The Balaban J connectivity index is 1.67. The first-order valence-electron chi connectivity index (χ1n) is 11.2. The van der Waals surface area contributed by atoms with Crippen molar-refractivity contribution in [3.8, 4) is 0 Å². The summed E-state index contributed by atoms with van der Waals surface area (Å²) < 4.78 is 10.7. The van der Waals surface area contributed by atoms with Gasteiger partial charge < -0.3 is 19.4 Å². The summed E-state index contributed by atoms with van der Waals surface area (Å²) in [4.78, 5) is 27.6. The first kappa shape index (κ1) is 24.3. The van der Waals surface area contributed by atoms with Crippen molar-refractivity contribution in [3.63, 3.8) is 0 Å². The molecule has 0 saturated heterocycles. The molecule has 3 aromatic rings. The van der Waals surface area contributed by atoms with E-state index in [0.29, 0.717) is 43.2 Å². The molecule has 33 heavy (non-hydrogen) atoms. The van der Waals surface area contributed by atoms with Crippen LogP contribution in [-0.2, 0) is 16.0 Å². The van der Waals surface area contributed by atoms with E-state index < -0.39 is 0 Å². The highest BCUT2D eigenvalue weighted by Gasteiger charge is 2.22. The van der Waals surface area contributed by atoms with Gasteiger partial charge in [0.05, 0.1) is 18.2 Å². The molecule has 2 aromatic carbocycles. The van der Waals surface area contributed by atoms with Gasteiger partial charge in [-0.1, -0.05) is 60.7 Å². The predicted octanol–water partition coefficient (Wildman–Crippen LogP) is 4.48. The van der Waals surface area contributed by atoms with E-state index in [1.807, 2.05) is 55.5 Å². The maximum Gasteiger partial charge on any atom is 0.257 e. The Morgan fingerprint density at radius 2 is 1.67 bits per heavy atom. The van der Waals surface area contributed by atoms with Crippen LogP contribution >= 0.6 is 0 Å². The van der Waals surface area contributed by atoms with Crippen LogP contribution in [0.1, 0.15) is 45.5 Å². The van der Waals surface area contributed by atoms with E-state index >= 15 is 0 Å². The highest BCUT2D eigenvalue weighted by molar-refractivity contribution is 5.95. The largest absolute Gasteiger partial charge is 0.466 e. The van der Waals surface area contributed by atoms with Gasteiger partial charge in [0, 0.05) is 26.6 Å². The second-order valence-corrected chi connectivity index (χ2v) is 8.08. The van der Waals surface area contributed by atoms with Gasteiger partial charge in [0.1, 0.15) is 11.5 Å². The first-order chi connectivity index (χ1) is 16.0. The maximum absolute atomic E-state index is 13.1. The van der Waals surface area contributed by atoms with Crippen LogP contribution in [-0.4, -0.2) is 43.5 Å². The van der Waals surface area contributed by atoms with Crippen molar-refractivity contribution >= 4 is 11.8 Å².